The van der Waals surface area contributed by atoms with Gasteiger partial charge in [-0.1, -0.05) is 0 Å². The van der Waals surface area contributed by atoms with Crippen LogP contribution in [0.1, 0.15) is 20.3 Å². The van der Waals surface area contributed by atoms with Gasteiger partial charge in [-0.2, -0.15) is 11.8 Å². The molecule has 0 saturated heterocycles. The van der Waals surface area contributed by atoms with Crippen molar-refractivity contribution in [1.29, 1.82) is 0 Å². The van der Waals surface area contributed by atoms with Crippen LogP contribution in [0.4, 0.5) is 0 Å². The predicted molar refractivity (Wildman–Crippen MR) is 72.4 cm³/mol. The van der Waals surface area contributed by atoms with Crippen LogP contribution in [0.2, 0.25) is 0 Å². The Hall–Kier alpha value is -0.310. The second-order valence-electron chi connectivity index (χ2n) is 4.03. The number of aliphatic carboxylic acids is 1. The molecule has 108 valence electrons. The molecule has 0 heterocycles. The third-order valence-corrected chi connectivity index (χ3v) is 4.03. The molecule has 0 fully saturated rings. The summed E-state index contributed by atoms with van der Waals surface area (Å²) in [7, 11) is -3.62. The molecule has 6 nitrogen and oxygen atoms in total. The number of carboxylic acids is 1. The number of hydrogen-bond acceptors (Lipinski definition) is 5. The normalized spacial score (nSPS) is 13.8. The zero-order valence-electron chi connectivity index (χ0n) is 10.9. The minimum Gasteiger partial charge on any atom is -0.480 e. The number of rotatable bonds is 10. The topological polar surface area (TPSA) is 92.7 Å². The quantitative estimate of drug-likeness (QED) is 0.611. The van der Waals surface area contributed by atoms with Crippen molar-refractivity contribution in [3.05, 3.63) is 0 Å². The summed E-state index contributed by atoms with van der Waals surface area (Å²) in [6, 6.07) is -1.07. The Morgan fingerprint density at radius 1 is 1.44 bits per heavy atom. The Morgan fingerprint density at radius 3 is 2.50 bits per heavy atom. The molecule has 0 aromatic rings. The van der Waals surface area contributed by atoms with Crippen molar-refractivity contribution in [3.8, 4) is 0 Å². The lowest BCUT2D eigenvalue weighted by Gasteiger charge is -2.14. The second kappa shape index (κ2) is 8.73. The van der Waals surface area contributed by atoms with Crippen LogP contribution in [0, 0.1) is 0 Å². The van der Waals surface area contributed by atoms with Gasteiger partial charge in [-0.15, -0.1) is 0 Å². The first kappa shape index (κ1) is 17.7. The highest BCUT2D eigenvalue weighted by molar-refractivity contribution is 7.98. The first-order valence-corrected chi connectivity index (χ1v) is 8.66. The van der Waals surface area contributed by atoms with E-state index >= 15 is 0 Å². The van der Waals surface area contributed by atoms with Crippen LogP contribution in [0.25, 0.3) is 0 Å². The molecule has 0 radical (unpaired) electrons. The van der Waals surface area contributed by atoms with Gasteiger partial charge >= 0.3 is 5.97 Å². The monoisotopic (exact) mass is 299 g/mol. The Labute approximate surface area is 113 Å². The SMILES string of the molecule is CSCCC(NS(=O)(=O)CCOC(C)C)C(=O)O. The fourth-order valence-corrected chi connectivity index (χ4v) is 2.69. The lowest BCUT2D eigenvalue weighted by molar-refractivity contribution is -0.139. The number of ether oxygens (including phenoxy) is 1. The van der Waals surface area contributed by atoms with E-state index in [1.807, 2.05) is 6.26 Å². The largest absolute Gasteiger partial charge is 0.480 e. The van der Waals surface area contributed by atoms with Gasteiger partial charge in [0.05, 0.1) is 18.5 Å². The fourth-order valence-electron chi connectivity index (χ4n) is 1.14. The van der Waals surface area contributed by atoms with E-state index in [2.05, 4.69) is 4.72 Å². The number of sulfonamides is 1. The highest BCUT2D eigenvalue weighted by atomic mass is 32.2. The molecule has 0 spiro atoms. The molecule has 1 atom stereocenters. The van der Waals surface area contributed by atoms with Crippen LogP contribution in [-0.4, -0.2) is 56.0 Å². The van der Waals surface area contributed by atoms with E-state index < -0.39 is 22.0 Å². The van der Waals surface area contributed by atoms with Crippen LogP contribution in [-0.2, 0) is 19.6 Å². The molecular weight excluding hydrogens is 278 g/mol. The third-order valence-electron chi connectivity index (χ3n) is 2.03. The number of hydrogen-bond donors (Lipinski definition) is 2. The van der Waals surface area contributed by atoms with Gasteiger partial charge in [-0.3, -0.25) is 4.79 Å². The highest BCUT2D eigenvalue weighted by Gasteiger charge is 2.23. The van der Waals surface area contributed by atoms with Gasteiger partial charge in [0, 0.05) is 0 Å². The summed E-state index contributed by atoms with van der Waals surface area (Å²) in [5, 5.41) is 8.91. The van der Waals surface area contributed by atoms with Gasteiger partial charge in [0.1, 0.15) is 6.04 Å². The van der Waals surface area contributed by atoms with Gasteiger partial charge in [-0.05, 0) is 32.3 Å². The van der Waals surface area contributed by atoms with E-state index in [1.54, 1.807) is 13.8 Å². The van der Waals surface area contributed by atoms with E-state index in [0.717, 1.165) is 0 Å². The van der Waals surface area contributed by atoms with Crippen molar-refractivity contribution in [2.75, 3.05) is 24.4 Å². The maximum absolute atomic E-state index is 11.6. The fraction of sp³-hybridized carbons (Fsp3) is 0.900. The van der Waals surface area contributed by atoms with E-state index in [4.69, 9.17) is 9.84 Å². The molecule has 0 aliphatic rings. The van der Waals surface area contributed by atoms with Crippen molar-refractivity contribution in [2.45, 2.75) is 32.4 Å². The number of thioether (sulfide) groups is 1. The minimum absolute atomic E-state index is 0.0491. The first-order valence-electron chi connectivity index (χ1n) is 5.62. The number of carbonyl (C=O) groups is 1. The highest BCUT2D eigenvalue weighted by Crippen LogP contribution is 2.03. The van der Waals surface area contributed by atoms with Crippen LogP contribution >= 0.6 is 11.8 Å². The minimum atomic E-state index is -3.62. The lowest BCUT2D eigenvalue weighted by Crippen LogP contribution is -2.42. The van der Waals surface area contributed by atoms with Crippen LogP contribution < -0.4 is 4.72 Å². The molecular formula is C10H21NO5S2. The predicted octanol–water partition coefficient (Wildman–Crippen LogP) is 0.537. The van der Waals surface area contributed by atoms with Crippen molar-refractivity contribution in [2.24, 2.45) is 0 Å². The molecule has 0 aromatic carbocycles. The molecule has 0 saturated carbocycles. The molecule has 2 N–H and O–H groups in total. The van der Waals surface area contributed by atoms with Gasteiger partial charge < -0.3 is 9.84 Å². The average Bonchev–Trinajstić information content (AvgIpc) is 2.22. The molecule has 0 aliphatic heterocycles. The molecule has 0 rings (SSSR count). The summed E-state index contributed by atoms with van der Waals surface area (Å²) in [5.74, 6) is -0.798. The maximum Gasteiger partial charge on any atom is 0.321 e. The van der Waals surface area contributed by atoms with E-state index in [-0.39, 0.29) is 24.9 Å². The van der Waals surface area contributed by atoms with Gasteiger partial charge in [0.2, 0.25) is 10.0 Å². The van der Waals surface area contributed by atoms with Crippen molar-refractivity contribution in [3.63, 3.8) is 0 Å². The Balaban J connectivity index is 4.28. The first-order chi connectivity index (χ1) is 8.28. The standard InChI is InChI=1S/C10H21NO5S2/c1-8(2)16-5-7-18(14,15)11-9(10(12)13)4-6-17-3/h8-9,11H,4-7H2,1-3H3,(H,12,13). The van der Waals surface area contributed by atoms with Crippen LogP contribution in [0.5, 0.6) is 0 Å². The van der Waals surface area contributed by atoms with Crippen molar-refractivity contribution in [1.82, 2.24) is 4.72 Å². The molecule has 0 aromatic heterocycles. The molecule has 1 unspecified atom stereocenters. The summed E-state index contributed by atoms with van der Waals surface area (Å²) in [6.07, 6.45) is 2.05. The van der Waals surface area contributed by atoms with Crippen LogP contribution in [0.3, 0.4) is 0 Å². The maximum atomic E-state index is 11.6. The summed E-state index contributed by atoms with van der Waals surface area (Å²) in [6.45, 7) is 3.67. The zero-order chi connectivity index (χ0) is 14.2. The van der Waals surface area contributed by atoms with Crippen LogP contribution in [0.15, 0.2) is 0 Å². The Morgan fingerprint density at radius 2 is 2.06 bits per heavy atom. The van der Waals surface area contributed by atoms with E-state index in [9.17, 15) is 13.2 Å². The molecule has 0 amide bonds. The molecule has 8 heteroatoms. The summed E-state index contributed by atoms with van der Waals surface area (Å²) in [4.78, 5) is 10.9. The van der Waals surface area contributed by atoms with Gasteiger partial charge in [-0.25, -0.2) is 13.1 Å². The van der Waals surface area contributed by atoms with Crippen molar-refractivity contribution < 1.29 is 23.1 Å². The molecule has 18 heavy (non-hydrogen) atoms. The van der Waals surface area contributed by atoms with Gasteiger partial charge in [0.15, 0.2) is 0 Å². The lowest BCUT2D eigenvalue weighted by atomic mass is 10.2. The summed E-state index contributed by atoms with van der Waals surface area (Å²) >= 11 is 1.47. The number of nitrogens with one attached hydrogen (secondary N) is 1. The van der Waals surface area contributed by atoms with E-state index in [0.29, 0.717) is 5.75 Å². The van der Waals surface area contributed by atoms with Crippen molar-refractivity contribution >= 4 is 27.8 Å². The van der Waals surface area contributed by atoms with E-state index in [1.165, 1.54) is 11.8 Å². The summed E-state index contributed by atoms with van der Waals surface area (Å²) in [5.41, 5.74) is 0. The zero-order valence-corrected chi connectivity index (χ0v) is 12.5. The number of carboxylic acid groups (broad SMARTS) is 1. The average molecular weight is 299 g/mol. The Bertz CT molecular complexity index is 342. The third kappa shape index (κ3) is 8.73. The smallest absolute Gasteiger partial charge is 0.321 e. The van der Waals surface area contributed by atoms with Gasteiger partial charge in [0.25, 0.3) is 0 Å². The second-order valence-corrected chi connectivity index (χ2v) is 6.89. The molecule has 0 aliphatic carbocycles. The summed E-state index contributed by atoms with van der Waals surface area (Å²) < 4.78 is 30.6. The molecule has 0 bridgehead atoms. The Kier molecular flexibility index (Phi) is 8.58.